The Morgan fingerprint density at radius 1 is 1.14 bits per heavy atom. The third-order valence-electron chi connectivity index (χ3n) is 4.98. The van der Waals surface area contributed by atoms with Gasteiger partial charge in [-0.1, -0.05) is 43.2 Å². The third-order valence-corrected chi connectivity index (χ3v) is 4.98. The molecule has 0 radical (unpaired) electrons. The molecule has 0 aliphatic heterocycles. The van der Waals surface area contributed by atoms with Gasteiger partial charge in [-0.25, -0.2) is 0 Å². The monoisotopic (exact) mass is 322 g/mol. The first-order valence-electron chi connectivity index (χ1n) is 8.34. The lowest BCUT2D eigenvalue weighted by Gasteiger charge is -2.29. The summed E-state index contributed by atoms with van der Waals surface area (Å²) >= 11 is 0. The number of amides is 1. The molecule has 0 spiro atoms. The van der Waals surface area contributed by atoms with Gasteiger partial charge in [0.1, 0.15) is 0 Å². The fourth-order valence-corrected chi connectivity index (χ4v) is 3.52. The zero-order valence-corrected chi connectivity index (χ0v) is 13.9. The highest BCUT2D eigenvalue weighted by atomic mass is 35.5. The van der Waals surface area contributed by atoms with Crippen molar-refractivity contribution in [3.8, 4) is 0 Å². The van der Waals surface area contributed by atoms with Gasteiger partial charge in [-0.2, -0.15) is 0 Å². The molecule has 4 heteroatoms. The Kier molecular flexibility index (Phi) is 6.27. The van der Waals surface area contributed by atoms with Gasteiger partial charge in [-0.3, -0.25) is 4.79 Å². The van der Waals surface area contributed by atoms with Crippen molar-refractivity contribution in [2.45, 2.75) is 57.0 Å². The Balaban J connectivity index is 0.00000176. The molecule has 2 saturated carbocycles. The van der Waals surface area contributed by atoms with Crippen molar-refractivity contribution in [3.05, 3.63) is 35.9 Å². The molecule has 1 aromatic rings. The Morgan fingerprint density at radius 3 is 2.45 bits per heavy atom. The molecule has 3 unspecified atom stereocenters. The third kappa shape index (κ3) is 4.47. The number of rotatable bonds is 5. The SMILES string of the molecule is Cl.NC1CCCCC1CC(=O)NC(c1ccccc1)C1CC1. The summed E-state index contributed by atoms with van der Waals surface area (Å²) in [4.78, 5) is 12.4. The number of nitrogens with two attached hydrogens (primary N) is 1. The van der Waals surface area contributed by atoms with E-state index in [2.05, 4.69) is 17.4 Å². The van der Waals surface area contributed by atoms with Crippen LogP contribution in [0.5, 0.6) is 0 Å². The number of hydrogen-bond donors (Lipinski definition) is 2. The molecule has 22 heavy (non-hydrogen) atoms. The van der Waals surface area contributed by atoms with Crippen LogP contribution in [0.25, 0.3) is 0 Å². The van der Waals surface area contributed by atoms with Crippen LogP contribution in [-0.4, -0.2) is 11.9 Å². The molecule has 0 saturated heterocycles. The number of nitrogens with one attached hydrogen (secondary N) is 1. The van der Waals surface area contributed by atoms with Crippen LogP contribution in [0.3, 0.4) is 0 Å². The van der Waals surface area contributed by atoms with E-state index in [0.29, 0.717) is 18.3 Å². The highest BCUT2D eigenvalue weighted by Gasteiger charge is 2.34. The maximum absolute atomic E-state index is 12.4. The summed E-state index contributed by atoms with van der Waals surface area (Å²) in [5.74, 6) is 1.17. The van der Waals surface area contributed by atoms with Crippen molar-refractivity contribution in [1.82, 2.24) is 5.32 Å². The Bertz CT molecular complexity index is 475. The van der Waals surface area contributed by atoms with E-state index in [0.717, 1.165) is 12.8 Å². The molecule has 2 aliphatic carbocycles. The number of benzene rings is 1. The second-order valence-corrected chi connectivity index (χ2v) is 6.71. The summed E-state index contributed by atoms with van der Waals surface area (Å²) in [7, 11) is 0. The summed E-state index contributed by atoms with van der Waals surface area (Å²) in [6, 6.07) is 10.8. The van der Waals surface area contributed by atoms with Crippen LogP contribution < -0.4 is 11.1 Å². The first-order valence-corrected chi connectivity index (χ1v) is 8.34. The second-order valence-electron chi connectivity index (χ2n) is 6.71. The van der Waals surface area contributed by atoms with E-state index in [1.54, 1.807) is 0 Å². The minimum atomic E-state index is 0. The van der Waals surface area contributed by atoms with Crippen LogP contribution in [0.2, 0.25) is 0 Å². The van der Waals surface area contributed by atoms with E-state index in [1.807, 2.05) is 18.2 Å². The number of carbonyl (C=O) groups is 1. The molecular weight excluding hydrogens is 296 g/mol. The first kappa shape index (κ1) is 17.3. The summed E-state index contributed by atoms with van der Waals surface area (Å²) < 4.78 is 0. The first-order chi connectivity index (χ1) is 10.2. The molecule has 1 aromatic carbocycles. The van der Waals surface area contributed by atoms with Gasteiger partial charge in [-0.15, -0.1) is 12.4 Å². The van der Waals surface area contributed by atoms with E-state index < -0.39 is 0 Å². The minimum absolute atomic E-state index is 0. The molecule has 0 bridgehead atoms. The average molecular weight is 323 g/mol. The van der Waals surface area contributed by atoms with Crippen LogP contribution in [0.15, 0.2) is 30.3 Å². The van der Waals surface area contributed by atoms with Gasteiger partial charge in [0.05, 0.1) is 6.04 Å². The van der Waals surface area contributed by atoms with Gasteiger partial charge in [-0.05, 0) is 43.1 Å². The number of halogens is 1. The Labute approximate surface area is 139 Å². The largest absolute Gasteiger partial charge is 0.349 e. The summed E-state index contributed by atoms with van der Waals surface area (Å²) in [5.41, 5.74) is 7.40. The summed E-state index contributed by atoms with van der Waals surface area (Å²) in [6.45, 7) is 0. The van der Waals surface area contributed by atoms with Crippen LogP contribution in [0, 0.1) is 11.8 Å². The smallest absolute Gasteiger partial charge is 0.220 e. The predicted octanol–water partition coefficient (Wildman–Crippen LogP) is 3.58. The summed E-state index contributed by atoms with van der Waals surface area (Å²) in [6.07, 6.45) is 7.66. The van der Waals surface area contributed by atoms with Gasteiger partial charge >= 0.3 is 0 Å². The zero-order valence-electron chi connectivity index (χ0n) is 13.0. The van der Waals surface area contributed by atoms with Gasteiger partial charge < -0.3 is 11.1 Å². The lowest BCUT2D eigenvalue weighted by molar-refractivity contribution is -0.123. The van der Waals surface area contributed by atoms with Crippen LogP contribution in [0.1, 0.15) is 56.6 Å². The Morgan fingerprint density at radius 2 is 1.82 bits per heavy atom. The molecule has 3 N–H and O–H groups in total. The molecular formula is C18H27ClN2O. The van der Waals surface area contributed by atoms with Gasteiger partial charge in [0.15, 0.2) is 0 Å². The predicted molar refractivity (Wildman–Crippen MR) is 91.8 cm³/mol. The topological polar surface area (TPSA) is 55.1 Å². The van der Waals surface area contributed by atoms with Crippen LogP contribution >= 0.6 is 12.4 Å². The summed E-state index contributed by atoms with van der Waals surface area (Å²) in [5, 5.41) is 3.27. The van der Waals surface area contributed by atoms with Gasteiger partial charge in [0.2, 0.25) is 5.91 Å². The average Bonchev–Trinajstić information content (AvgIpc) is 3.33. The van der Waals surface area contributed by atoms with E-state index >= 15 is 0 Å². The molecule has 3 rings (SSSR count). The lowest BCUT2D eigenvalue weighted by atomic mass is 9.83. The molecule has 0 aromatic heterocycles. The molecule has 2 aliphatic rings. The van der Waals surface area contributed by atoms with E-state index in [9.17, 15) is 4.79 Å². The van der Waals surface area contributed by atoms with E-state index in [-0.39, 0.29) is 30.4 Å². The highest BCUT2D eigenvalue weighted by Crippen LogP contribution is 2.41. The fourth-order valence-electron chi connectivity index (χ4n) is 3.52. The van der Waals surface area contributed by atoms with Crippen molar-refractivity contribution < 1.29 is 4.79 Å². The quantitative estimate of drug-likeness (QED) is 0.870. The minimum Gasteiger partial charge on any atom is -0.349 e. The Hall–Kier alpha value is -1.06. The number of carbonyl (C=O) groups excluding carboxylic acids is 1. The molecule has 3 nitrogen and oxygen atoms in total. The molecule has 3 atom stereocenters. The van der Waals surface area contributed by atoms with Crippen LogP contribution in [0.4, 0.5) is 0 Å². The van der Waals surface area contributed by atoms with Crippen molar-refractivity contribution in [1.29, 1.82) is 0 Å². The van der Waals surface area contributed by atoms with Crippen molar-refractivity contribution in [3.63, 3.8) is 0 Å². The van der Waals surface area contributed by atoms with Crippen molar-refractivity contribution in [2.75, 3.05) is 0 Å². The normalized spacial score (nSPS) is 25.9. The molecule has 0 heterocycles. The maximum atomic E-state index is 12.4. The molecule has 122 valence electrons. The number of hydrogen-bond acceptors (Lipinski definition) is 2. The lowest BCUT2D eigenvalue weighted by Crippen LogP contribution is -2.38. The standard InChI is InChI=1S/C18H26N2O.ClH/c19-16-9-5-4-8-15(16)12-17(21)20-18(14-10-11-14)13-6-2-1-3-7-13;/h1-3,6-7,14-16,18H,4-5,8-12,19H2,(H,20,21);1H. The van der Waals surface area contributed by atoms with Crippen molar-refractivity contribution in [2.24, 2.45) is 17.6 Å². The molecule has 1 amide bonds. The maximum Gasteiger partial charge on any atom is 0.220 e. The van der Waals surface area contributed by atoms with Crippen LogP contribution in [-0.2, 0) is 4.79 Å². The van der Waals surface area contributed by atoms with Gasteiger partial charge in [0.25, 0.3) is 0 Å². The van der Waals surface area contributed by atoms with Crippen molar-refractivity contribution >= 4 is 18.3 Å². The second kappa shape index (κ2) is 7.98. The van der Waals surface area contributed by atoms with E-state index in [1.165, 1.54) is 31.2 Å². The highest BCUT2D eigenvalue weighted by molar-refractivity contribution is 5.85. The van der Waals surface area contributed by atoms with E-state index in [4.69, 9.17) is 5.73 Å². The fraction of sp³-hybridized carbons (Fsp3) is 0.611. The zero-order chi connectivity index (χ0) is 14.7. The van der Waals surface area contributed by atoms with Gasteiger partial charge in [0, 0.05) is 12.5 Å². The molecule has 2 fully saturated rings.